The van der Waals surface area contributed by atoms with Crippen molar-refractivity contribution in [1.82, 2.24) is 10.2 Å². The van der Waals surface area contributed by atoms with E-state index >= 15 is 0 Å². The molecule has 0 bridgehead atoms. The summed E-state index contributed by atoms with van der Waals surface area (Å²) in [4.78, 5) is 13.6. The van der Waals surface area contributed by atoms with Gasteiger partial charge in [0.2, 0.25) is 0 Å². The molecule has 17 heavy (non-hydrogen) atoms. The summed E-state index contributed by atoms with van der Waals surface area (Å²) in [7, 11) is 0. The number of carbonyl (C=O) groups is 1. The number of carbonyl (C=O) groups excluding carboxylic acids is 1. The monoisotopic (exact) mass is 319 g/mol. The van der Waals surface area contributed by atoms with Crippen LogP contribution in [0, 0.1) is 0 Å². The van der Waals surface area contributed by atoms with Gasteiger partial charge in [-0.3, -0.25) is 0 Å². The molecular formula is C11H15BrClN3O. The van der Waals surface area contributed by atoms with Gasteiger partial charge >= 0.3 is 6.03 Å². The Morgan fingerprint density at radius 1 is 1.24 bits per heavy atom. The molecule has 0 aromatic heterocycles. The number of hydrogen-bond donors (Lipinski definition) is 2. The summed E-state index contributed by atoms with van der Waals surface area (Å²) >= 11 is 3.36. The van der Waals surface area contributed by atoms with Gasteiger partial charge in [-0.25, -0.2) is 4.79 Å². The molecule has 2 rings (SSSR count). The first-order chi connectivity index (χ1) is 7.75. The third kappa shape index (κ3) is 4.18. The van der Waals surface area contributed by atoms with Crippen LogP contribution in [0.15, 0.2) is 28.7 Å². The molecule has 0 unspecified atom stereocenters. The molecule has 2 amide bonds. The van der Waals surface area contributed by atoms with E-state index in [2.05, 4.69) is 26.6 Å². The zero-order valence-corrected chi connectivity index (χ0v) is 11.7. The van der Waals surface area contributed by atoms with Crippen molar-refractivity contribution in [2.45, 2.75) is 0 Å². The van der Waals surface area contributed by atoms with Gasteiger partial charge in [0.25, 0.3) is 0 Å². The van der Waals surface area contributed by atoms with Crippen LogP contribution in [0.5, 0.6) is 0 Å². The number of nitrogens with one attached hydrogen (secondary N) is 2. The van der Waals surface area contributed by atoms with E-state index in [4.69, 9.17) is 0 Å². The second-order valence-corrected chi connectivity index (χ2v) is 4.59. The summed E-state index contributed by atoms with van der Waals surface area (Å²) in [6.07, 6.45) is 0. The molecule has 1 heterocycles. The van der Waals surface area contributed by atoms with Gasteiger partial charge in [-0.2, -0.15) is 0 Å². The second kappa shape index (κ2) is 6.83. The van der Waals surface area contributed by atoms with Gasteiger partial charge in [0.1, 0.15) is 0 Å². The van der Waals surface area contributed by atoms with Crippen LogP contribution in [-0.2, 0) is 0 Å². The first kappa shape index (κ1) is 14.3. The lowest BCUT2D eigenvalue weighted by atomic mass is 10.3. The quantitative estimate of drug-likeness (QED) is 0.834. The number of rotatable bonds is 1. The van der Waals surface area contributed by atoms with Crippen LogP contribution in [0.25, 0.3) is 0 Å². The standard InChI is InChI=1S/C11H14BrN3O.ClH/c12-9-1-3-10(4-2-9)14-11(16)15-7-5-13-6-8-15;/h1-4,13H,5-8H2,(H,14,16);1H. The highest BCUT2D eigenvalue weighted by Gasteiger charge is 2.15. The topological polar surface area (TPSA) is 44.4 Å². The summed E-state index contributed by atoms with van der Waals surface area (Å²) in [5.41, 5.74) is 0.826. The van der Waals surface area contributed by atoms with Gasteiger partial charge in [-0.1, -0.05) is 15.9 Å². The van der Waals surface area contributed by atoms with Crippen molar-refractivity contribution in [3.05, 3.63) is 28.7 Å². The average molecular weight is 321 g/mol. The van der Waals surface area contributed by atoms with Gasteiger partial charge in [0.05, 0.1) is 0 Å². The zero-order valence-electron chi connectivity index (χ0n) is 9.28. The fourth-order valence-electron chi connectivity index (χ4n) is 1.60. The minimum absolute atomic E-state index is 0. The second-order valence-electron chi connectivity index (χ2n) is 3.67. The van der Waals surface area contributed by atoms with Gasteiger partial charge in [-0.15, -0.1) is 12.4 Å². The molecule has 0 radical (unpaired) electrons. The third-order valence-corrected chi connectivity index (χ3v) is 3.03. The summed E-state index contributed by atoms with van der Waals surface area (Å²) in [6.45, 7) is 3.27. The molecule has 1 aliphatic rings. The van der Waals surface area contributed by atoms with E-state index in [9.17, 15) is 4.79 Å². The largest absolute Gasteiger partial charge is 0.322 e. The van der Waals surface area contributed by atoms with Crippen molar-refractivity contribution in [2.75, 3.05) is 31.5 Å². The highest BCUT2D eigenvalue weighted by molar-refractivity contribution is 9.10. The summed E-state index contributed by atoms with van der Waals surface area (Å²) in [5, 5.41) is 6.09. The minimum Gasteiger partial charge on any atom is -0.322 e. The number of hydrogen-bond acceptors (Lipinski definition) is 2. The summed E-state index contributed by atoms with van der Waals surface area (Å²) in [6, 6.07) is 7.55. The lowest BCUT2D eigenvalue weighted by Crippen LogP contribution is -2.48. The maximum atomic E-state index is 11.8. The Hall–Kier alpha value is -0.780. The van der Waals surface area contributed by atoms with Crippen LogP contribution in [-0.4, -0.2) is 37.1 Å². The fourth-order valence-corrected chi connectivity index (χ4v) is 1.87. The molecular weight excluding hydrogens is 305 g/mol. The van der Waals surface area contributed by atoms with E-state index in [-0.39, 0.29) is 18.4 Å². The molecule has 6 heteroatoms. The number of piperazine rings is 1. The molecule has 0 aliphatic carbocycles. The number of nitrogens with zero attached hydrogens (tertiary/aromatic N) is 1. The first-order valence-electron chi connectivity index (χ1n) is 5.28. The highest BCUT2D eigenvalue weighted by Crippen LogP contribution is 2.14. The van der Waals surface area contributed by atoms with Gasteiger partial charge in [-0.05, 0) is 24.3 Å². The molecule has 0 saturated carbocycles. The minimum atomic E-state index is -0.0242. The van der Waals surface area contributed by atoms with Gasteiger partial charge in [0, 0.05) is 36.3 Å². The summed E-state index contributed by atoms with van der Waals surface area (Å²) < 4.78 is 1.01. The number of amides is 2. The predicted molar refractivity (Wildman–Crippen MR) is 74.9 cm³/mol. The normalized spacial score (nSPS) is 15.0. The molecule has 94 valence electrons. The van der Waals surface area contributed by atoms with E-state index < -0.39 is 0 Å². The molecule has 1 saturated heterocycles. The Bertz CT molecular complexity index is 365. The van der Waals surface area contributed by atoms with Gasteiger partial charge in [0.15, 0.2) is 0 Å². The number of anilines is 1. The van der Waals surface area contributed by atoms with E-state index in [0.717, 1.165) is 36.3 Å². The molecule has 0 atom stereocenters. The molecule has 4 nitrogen and oxygen atoms in total. The molecule has 1 aliphatic heterocycles. The first-order valence-corrected chi connectivity index (χ1v) is 6.07. The SMILES string of the molecule is Cl.O=C(Nc1ccc(Br)cc1)N1CCNCC1. The van der Waals surface area contributed by atoms with Crippen molar-refractivity contribution in [1.29, 1.82) is 0 Å². The molecule has 1 aromatic rings. The third-order valence-electron chi connectivity index (χ3n) is 2.50. The molecule has 1 aromatic carbocycles. The Morgan fingerprint density at radius 2 is 1.82 bits per heavy atom. The highest BCUT2D eigenvalue weighted by atomic mass is 79.9. The van der Waals surface area contributed by atoms with Crippen molar-refractivity contribution in [2.24, 2.45) is 0 Å². The summed E-state index contributed by atoms with van der Waals surface area (Å²) in [5.74, 6) is 0. The van der Waals surface area contributed by atoms with Gasteiger partial charge < -0.3 is 15.5 Å². The fraction of sp³-hybridized carbons (Fsp3) is 0.364. The van der Waals surface area contributed by atoms with Crippen LogP contribution in [0.1, 0.15) is 0 Å². The maximum Gasteiger partial charge on any atom is 0.321 e. The number of halogens is 2. The van der Waals surface area contributed by atoms with Crippen LogP contribution in [0.3, 0.4) is 0 Å². The molecule has 0 spiro atoms. The maximum absolute atomic E-state index is 11.8. The average Bonchev–Trinajstić information content (AvgIpc) is 2.33. The lowest BCUT2D eigenvalue weighted by Gasteiger charge is -2.27. The Labute approximate surface area is 115 Å². The zero-order chi connectivity index (χ0) is 11.4. The lowest BCUT2D eigenvalue weighted by molar-refractivity contribution is 0.204. The molecule has 1 fully saturated rings. The van der Waals surface area contributed by atoms with Crippen LogP contribution < -0.4 is 10.6 Å². The number of benzene rings is 1. The van der Waals surface area contributed by atoms with E-state index in [1.165, 1.54) is 0 Å². The van der Waals surface area contributed by atoms with Crippen LogP contribution >= 0.6 is 28.3 Å². The van der Waals surface area contributed by atoms with Crippen molar-refractivity contribution < 1.29 is 4.79 Å². The molecule has 2 N–H and O–H groups in total. The van der Waals surface area contributed by atoms with E-state index in [1.54, 1.807) is 0 Å². The van der Waals surface area contributed by atoms with Crippen molar-refractivity contribution in [3.8, 4) is 0 Å². The van der Waals surface area contributed by atoms with Crippen molar-refractivity contribution in [3.63, 3.8) is 0 Å². The van der Waals surface area contributed by atoms with E-state index in [0.29, 0.717) is 0 Å². The van der Waals surface area contributed by atoms with Crippen LogP contribution in [0.4, 0.5) is 10.5 Å². The Morgan fingerprint density at radius 3 is 2.41 bits per heavy atom. The Balaban J connectivity index is 0.00000144. The smallest absolute Gasteiger partial charge is 0.321 e. The van der Waals surface area contributed by atoms with Crippen LogP contribution in [0.2, 0.25) is 0 Å². The Kier molecular flexibility index (Phi) is 5.74. The number of urea groups is 1. The van der Waals surface area contributed by atoms with Crippen molar-refractivity contribution >= 4 is 40.1 Å². The van der Waals surface area contributed by atoms with E-state index in [1.807, 2.05) is 29.2 Å². The predicted octanol–water partition coefficient (Wildman–Crippen LogP) is 2.31.